The van der Waals surface area contributed by atoms with Crippen LogP contribution in [0.4, 0.5) is 10.5 Å². The Kier molecular flexibility index (Phi) is 6.92. The zero-order valence-corrected chi connectivity index (χ0v) is 19.7. The average Bonchev–Trinajstić information content (AvgIpc) is 3.46. The van der Waals surface area contributed by atoms with Gasteiger partial charge in [0.15, 0.2) is 0 Å². The summed E-state index contributed by atoms with van der Waals surface area (Å²) < 4.78 is 18.6. The van der Waals surface area contributed by atoms with Gasteiger partial charge in [0.05, 0.1) is 17.7 Å². The first-order chi connectivity index (χ1) is 15.1. The van der Waals surface area contributed by atoms with Gasteiger partial charge in [0, 0.05) is 5.39 Å². The van der Waals surface area contributed by atoms with Crippen LogP contribution in [-0.2, 0) is 15.9 Å². The molecule has 3 aromatic heterocycles. The van der Waals surface area contributed by atoms with E-state index in [1.165, 1.54) is 18.4 Å². The number of carbonyl (C=O) groups excluding carboxylic acids is 1. The number of benzene rings is 1. The topological polar surface area (TPSA) is 74.3 Å². The first kappa shape index (κ1) is 21.8. The number of hydrogen-bond donors (Lipinski definition) is 1. The van der Waals surface area contributed by atoms with Crippen molar-refractivity contribution >= 4 is 55.8 Å². The summed E-state index contributed by atoms with van der Waals surface area (Å²) in [6.45, 7) is 2.07. The molecule has 1 N–H and O–H groups in total. The highest BCUT2D eigenvalue weighted by atomic mass is 32.2. The maximum Gasteiger partial charge on any atom is 0.411 e. The van der Waals surface area contributed by atoms with Gasteiger partial charge in [-0.15, -0.1) is 11.3 Å². The minimum Gasteiger partial charge on any atom is -0.611 e. The lowest BCUT2D eigenvalue weighted by Gasteiger charge is -2.12. The van der Waals surface area contributed by atoms with E-state index in [1.54, 1.807) is 11.3 Å². The Bertz CT molecular complexity index is 1170. The number of fused-ring (bicyclic) bond motifs is 1. The van der Waals surface area contributed by atoms with Crippen LogP contribution in [0, 0.1) is 0 Å². The smallest absolute Gasteiger partial charge is 0.411 e. The number of carbonyl (C=O) groups is 1. The molecule has 0 fully saturated rings. The zero-order valence-electron chi connectivity index (χ0n) is 17.2. The molecule has 160 valence electrons. The summed E-state index contributed by atoms with van der Waals surface area (Å²) in [7, 11) is 1.32. The summed E-state index contributed by atoms with van der Waals surface area (Å²) in [5.41, 5.74) is 3.34. The molecule has 1 amide bonds. The zero-order chi connectivity index (χ0) is 21.8. The fourth-order valence-corrected chi connectivity index (χ4v) is 6.82. The number of ether oxygens (including phenoxy) is 1. The molecule has 0 aliphatic carbocycles. The van der Waals surface area contributed by atoms with Gasteiger partial charge in [-0.3, -0.25) is 5.32 Å². The summed E-state index contributed by atoms with van der Waals surface area (Å²) in [4.78, 5) is 18.9. The van der Waals surface area contributed by atoms with E-state index < -0.39 is 17.3 Å². The van der Waals surface area contributed by atoms with Crippen LogP contribution in [0.3, 0.4) is 0 Å². The Morgan fingerprint density at radius 2 is 2.03 bits per heavy atom. The number of methoxy groups -OCH3 is 1. The first-order valence-electron chi connectivity index (χ1n) is 9.92. The second-order valence-corrected chi connectivity index (χ2v) is 10.6. The number of unbranched alkanes of at least 4 members (excludes halogenated alkanes) is 1. The van der Waals surface area contributed by atoms with Crippen molar-refractivity contribution < 1.29 is 14.1 Å². The number of anilines is 1. The van der Waals surface area contributed by atoms with E-state index in [1.807, 2.05) is 53.9 Å². The normalized spacial score (nSPS) is 12.1. The van der Waals surface area contributed by atoms with Crippen molar-refractivity contribution in [3.63, 3.8) is 0 Å². The maximum atomic E-state index is 13.1. The lowest BCUT2D eigenvalue weighted by Crippen LogP contribution is -2.14. The van der Waals surface area contributed by atoms with Crippen molar-refractivity contribution in [3.8, 4) is 21.7 Å². The third-order valence-electron chi connectivity index (χ3n) is 4.79. The second kappa shape index (κ2) is 9.82. The van der Waals surface area contributed by atoms with Crippen LogP contribution in [0.25, 0.3) is 31.9 Å². The molecule has 0 bridgehead atoms. The molecule has 1 aromatic carbocycles. The minimum absolute atomic E-state index is 0.533. The molecule has 0 saturated heterocycles. The monoisotopic (exact) mass is 470 g/mol. The van der Waals surface area contributed by atoms with E-state index in [4.69, 9.17) is 9.72 Å². The van der Waals surface area contributed by atoms with Crippen molar-refractivity contribution in [1.29, 1.82) is 0 Å². The van der Waals surface area contributed by atoms with Crippen molar-refractivity contribution in [3.05, 3.63) is 53.9 Å². The molecular formula is C23H22N2O3S3. The number of thiophene rings is 2. The quantitative estimate of drug-likeness (QED) is 0.302. The van der Waals surface area contributed by atoms with Gasteiger partial charge in [0.2, 0.25) is 4.21 Å². The Morgan fingerprint density at radius 1 is 1.23 bits per heavy atom. The summed E-state index contributed by atoms with van der Waals surface area (Å²) >= 11 is 1.76. The molecule has 31 heavy (non-hydrogen) atoms. The molecule has 4 aromatic rings. The van der Waals surface area contributed by atoms with Crippen LogP contribution in [0.5, 0.6) is 0 Å². The molecule has 8 heteroatoms. The van der Waals surface area contributed by atoms with Crippen molar-refractivity contribution in [1.82, 2.24) is 4.98 Å². The summed E-state index contributed by atoms with van der Waals surface area (Å²) in [6, 6.07) is 16.1. The largest absolute Gasteiger partial charge is 0.611 e. The van der Waals surface area contributed by atoms with Crippen molar-refractivity contribution in [2.24, 2.45) is 0 Å². The number of pyridine rings is 1. The van der Waals surface area contributed by atoms with Crippen LogP contribution in [0.1, 0.15) is 19.8 Å². The molecule has 0 spiro atoms. The summed E-state index contributed by atoms with van der Waals surface area (Å²) in [5.74, 6) is 0.539. The molecule has 3 heterocycles. The number of aromatic nitrogens is 1. The van der Waals surface area contributed by atoms with Gasteiger partial charge in [-0.05, 0) is 46.2 Å². The van der Waals surface area contributed by atoms with Crippen molar-refractivity contribution in [2.45, 2.75) is 24.0 Å². The average molecular weight is 471 g/mol. The third kappa shape index (κ3) is 4.62. The van der Waals surface area contributed by atoms with Gasteiger partial charge in [-0.25, -0.2) is 9.78 Å². The number of amides is 1. The minimum atomic E-state index is -1.24. The molecule has 5 nitrogen and oxygen atoms in total. The highest BCUT2D eigenvalue weighted by Crippen LogP contribution is 2.45. The third-order valence-corrected chi connectivity index (χ3v) is 8.65. The molecule has 0 radical (unpaired) electrons. The van der Waals surface area contributed by atoms with Gasteiger partial charge in [0.25, 0.3) is 0 Å². The van der Waals surface area contributed by atoms with Crippen LogP contribution >= 0.6 is 22.7 Å². The van der Waals surface area contributed by atoms with Gasteiger partial charge in [-0.2, -0.15) is 0 Å². The van der Waals surface area contributed by atoms with Gasteiger partial charge in [0.1, 0.15) is 16.3 Å². The van der Waals surface area contributed by atoms with Gasteiger partial charge >= 0.3 is 6.09 Å². The lowest BCUT2D eigenvalue weighted by molar-refractivity contribution is 0.187. The molecule has 0 saturated carbocycles. The number of nitrogens with one attached hydrogen (secondary N) is 1. The van der Waals surface area contributed by atoms with E-state index in [2.05, 4.69) is 12.2 Å². The molecule has 1 unspecified atom stereocenters. The highest BCUT2D eigenvalue weighted by Gasteiger charge is 2.28. The molecule has 0 aliphatic rings. The molecular weight excluding hydrogens is 448 g/mol. The van der Waals surface area contributed by atoms with Crippen LogP contribution in [0.15, 0.2) is 58.1 Å². The molecule has 4 rings (SSSR count). The second-order valence-electron chi connectivity index (χ2n) is 6.86. The Morgan fingerprint density at radius 3 is 2.71 bits per heavy atom. The fourth-order valence-electron chi connectivity index (χ4n) is 3.27. The standard InChI is InChI=1S/C23H22N2O3S3/c1-3-4-13-31(27)22-20(25-23(26)28-2)19-16(15-9-6-5-7-10-15)14-17(24-21(19)30-22)18-11-8-12-29-18/h5-12,14H,3-4,13H2,1-2H3,(H,25,26). The summed E-state index contributed by atoms with van der Waals surface area (Å²) in [5, 5.41) is 5.64. The van der Waals surface area contributed by atoms with E-state index in [9.17, 15) is 9.35 Å². The van der Waals surface area contributed by atoms with Crippen LogP contribution < -0.4 is 5.32 Å². The van der Waals surface area contributed by atoms with E-state index in [0.29, 0.717) is 15.6 Å². The van der Waals surface area contributed by atoms with Crippen LogP contribution in [0.2, 0.25) is 0 Å². The molecule has 1 atom stereocenters. The maximum absolute atomic E-state index is 13.1. The molecule has 0 aliphatic heterocycles. The van der Waals surface area contributed by atoms with E-state index >= 15 is 0 Å². The predicted molar refractivity (Wildman–Crippen MR) is 131 cm³/mol. The van der Waals surface area contributed by atoms with Gasteiger partial charge < -0.3 is 9.29 Å². The SMILES string of the molecule is CCCC[S+]([O-])c1sc2nc(-c3cccs3)cc(-c3ccccc3)c2c1NC(=O)OC. The van der Waals surface area contributed by atoms with Crippen LogP contribution in [-0.4, -0.2) is 28.5 Å². The van der Waals surface area contributed by atoms with Crippen molar-refractivity contribution in [2.75, 3.05) is 18.2 Å². The number of rotatable bonds is 7. The number of hydrogen-bond acceptors (Lipinski definition) is 6. The Balaban J connectivity index is 1.98. The lowest BCUT2D eigenvalue weighted by atomic mass is 10.0. The number of nitrogens with zero attached hydrogens (tertiary/aromatic N) is 1. The Labute approximate surface area is 192 Å². The fraction of sp³-hybridized carbons (Fsp3) is 0.217. The van der Waals surface area contributed by atoms with E-state index in [-0.39, 0.29) is 0 Å². The predicted octanol–water partition coefficient (Wildman–Crippen LogP) is 6.78. The highest BCUT2D eigenvalue weighted by molar-refractivity contribution is 7.93. The first-order valence-corrected chi connectivity index (χ1v) is 12.9. The van der Waals surface area contributed by atoms with E-state index in [0.717, 1.165) is 44.8 Å². The van der Waals surface area contributed by atoms with Gasteiger partial charge in [-0.1, -0.05) is 61.1 Å². The summed E-state index contributed by atoms with van der Waals surface area (Å²) in [6.07, 6.45) is 1.21. The Hall–Kier alpha value is -2.39.